The summed E-state index contributed by atoms with van der Waals surface area (Å²) in [5.41, 5.74) is 1.41. The largest absolute Gasteiger partial charge is 0.165 e. The Labute approximate surface area is 86.9 Å². The van der Waals surface area contributed by atoms with E-state index < -0.39 is 0 Å². The predicted octanol–water partition coefficient (Wildman–Crippen LogP) is 3.92. The lowest BCUT2D eigenvalue weighted by molar-refractivity contribution is 0.876. The van der Waals surface area contributed by atoms with Crippen molar-refractivity contribution in [3.63, 3.8) is 0 Å². The maximum absolute atomic E-state index is 3.56. The average Bonchev–Trinajstić information content (AvgIpc) is 2.05. The van der Waals surface area contributed by atoms with Crippen LogP contribution in [0.15, 0.2) is 28.7 Å². The topological polar surface area (TPSA) is 0 Å². The first-order valence-corrected chi connectivity index (χ1v) is 6.17. The van der Waals surface area contributed by atoms with Gasteiger partial charge < -0.3 is 0 Å². The fourth-order valence-electron chi connectivity index (χ4n) is 1.21. The van der Waals surface area contributed by atoms with Crippen LogP contribution in [0.2, 0.25) is 0 Å². The Morgan fingerprint density at radius 2 is 2.08 bits per heavy atom. The zero-order valence-corrected chi connectivity index (χ0v) is 9.78. The van der Waals surface area contributed by atoms with Crippen LogP contribution in [0.25, 0.3) is 0 Å². The van der Waals surface area contributed by atoms with E-state index in [4.69, 9.17) is 0 Å². The molecule has 0 saturated carbocycles. The third-order valence-electron chi connectivity index (χ3n) is 1.85. The maximum Gasteiger partial charge on any atom is 0.0210 e. The molecule has 1 aromatic rings. The number of rotatable bonds is 3. The van der Waals surface area contributed by atoms with E-state index in [2.05, 4.69) is 53.4 Å². The Morgan fingerprint density at radius 1 is 1.42 bits per heavy atom. The first-order chi connectivity index (χ1) is 5.75. The van der Waals surface area contributed by atoms with E-state index in [0.29, 0.717) is 5.92 Å². The minimum atomic E-state index is 0.635. The highest BCUT2D eigenvalue weighted by Gasteiger charge is 2.06. The van der Waals surface area contributed by atoms with Crippen LogP contribution in [-0.2, 0) is 0 Å². The molecule has 0 aliphatic rings. The van der Waals surface area contributed by atoms with Crippen LogP contribution < -0.4 is 0 Å². The summed E-state index contributed by atoms with van der Waals surface area (Å²) in [7, 11) is 0. The molecule has 0 fully saturated rings. The van der Waals surface area contributed by atoms with Gasteiger partial charge in [0.25, 0.3) is 0 Å². The van der Waals surface area contributed by atoms with Crippen molar-refractivity contribution in [3.05, 3.63) is 34.3 Å². The molecule has 1 aromatic carbocycles. The lowest BCUT2D eigenvalue weighted by Crippen LogP contribution is -1.96. The van der Waals surface area contributed by atoms with E-state index in [1.54, 1.807) is 0 Å². The molecule has 0 spiro atoms. The SMILES string of the molecule is CSCC(C)c1ccccc1Br. The van der Waals surface area contributed by atoms with Gasteiger partial charge in [0.15, 0.2) is 0 Å². The summed E-state index contributed by atoms with van der Waals surface area (Å²) in [6.45, 7) is 2.26. The summed E-state index contributed by atoms with van der Waals surface area (Å²) in [6.07, 6.45) is 2.15. The van der Waals surface area contributed by atoms with Gasteiger partial charge in [-0.25, -0.2) is 0 Å². The Morgan fingerprint density at radius 3 is 2.67 bits per heavy atom. The van der Waals surface area contributed by atoms with Crippen LogP contribution in [0.1, 0.15) is 18.4 Å². The van der Waals surface area contributed by atoms with Gasteiger partial charge in [-0.1, -0.05) is 41.1 Å². The van der Waals surface area contributed by atoms with Crippen molar-refractivity contribution in [2.45, 2.75) is 12.8 Å². The summed E-state index contributed by atoms with van der Waals surface area (Å²) in [4.78, 5) is 0. The number of hydrogen-bond acceptors (Lipinski definition) is 1. The highest BCUT2D eigenvalue weighted by Crippen LogP contribution is 2.26. The van der Waals surface area contributed by atoms with E-state index in [1.165, 1.54) is 15.8 Å². The monoisotopic (exact) mass is 244 g/mol. The first kappa shape index (κ1) is 10.1. The van der Waals surface area contributed by atoms with Crippen molar-refractivity contribution in [2.75, 3.05) is 12.0 Å². The van der Waals surface area contributed by atoms with Crippen LogP contribution >= 0.6 is 27.7 Å². The van der Waals surface area contributed by atoms with Gasteiger partial charge in [0, 0.05) is 4.47 Å². The quantitative estimate of drug-likeness (QED) is 0.777. The molecule has 2 heteroatoms. The molecular weight excluding hydrogens is 232 g/mol. The second-order valence-electron chi connectivity index (χ2n) is 2.88. The molecule has 0 amide bonds. The molecule has 0 N–H and O–H groups in total. The summed E-state index contributed by atoms with van der Waals surface area (Å²) >= 11 is 5.45. The predicted molar refractivity (Wildman–Crippen MR) is 60.9 cm³/mol. The van der Waals surface area contributed by atoms with Gasteiger partial charge in [0.05, 0.1) is 0 Å². The van der Waals surface area contributed by atoms with Crippen molar-refractivity contribution >= 4 is 27.7 Å². The Hall–Kier alpha value is 0.0500. The van der Waals surface area contributed by atoms with Gasteiger partial charge in [0.1, 0.15) is 0 Å². The number of hydrogen-bond donors (Lipinski definition) is 0. The molecule has 66 valence electrons. The standard InChI is InChI=1S/C10H13BrS/c1-8(7-12-2)9-5-3-4-6-10(9)11/h3-6,8H,7H2,1-2H3. The van der Waals surface area contributed by atoms with Gasteiger partial charge in [-0.3, -0.25) is 0 Å². The molecule has 1 atom stereocenters. The molecule has 1 unspecified atom stereocenters. The molecule has 0 aliphatic heterocycles. The molecule has 1 rings (SSSR count). The minimum absolute atomic E-state index is 0.635. The van der Waals surface area contributed by atoms with Crippen molar-refractivity contribution in [2.24, 2.45) is 0 Å². The van der Waals surface area contributed by atoms with Gasteiger partial charge in [0.2, 0.25) is 0 Å². The van der Waals surface area contributed by atoms with E-state index in [1.807, 2.05) is 11.8 Å². The van der Waals surface area contributed by atoms with Crippen LogP contribution in [0.3, 0.4) is 0 Å². The fraction of sp³-hybridized carbons (Fsp3) is 0.400. The van der Waals surface area contributed by atoms with E-state index in [-0.39, 0.29) is 0 Å². The van der Waals surface area contributed by atoms with Crippen molar-refractivity contribution in [1.29, 1.82) is 0 Å². The molecule has 0 aromatic heterocycles. The molecule has 0 bridgehead atoms. The third-order valence-corrected chi connectivity index (χ3v) is 3.41. The molecular formula is C10H13BrS. The van der Waals surface area contributed by atoms with Gasteiger partial charge in [-0.05, 0) is 29.6 Å². The van der Waals surface area contributed by atoms with E-state index >= 15 is 0 Å². The highest BCUT2D eigenvalue weighted by molar-refractivity contribution is 9.10. The lowest BCUT2D eigenvalue weighted by Gasteiger charge is -2.11. The van der Waals surface area contributed by atoms with Crippen molar-refractivity contribution in [1.82, 2.24) is 0 Å². The zero-order valence-electron chi connectivity index (χ0n) is 7.38. The van der Waals surface area contributed by atoms with Gasteiger partial charge in [-0.15, -0.1) is 0 Å². The Bertz CT molecular complexity index is 247. The lowest BCUT2D eigenvalue weighted by atomic mass is 10.0. The molecule has 0 saturated heterocycles. The normalized spacial score (nSPS) is 12.9. The highest BCUT2D eigenvalue weighted by atomic mass is 79.9. The van der Waals surface area contributed by atoms with Crippen molar-refractivity contribution in [3.8, 4) is 0 Å². The Balaban J connectivity index is 2.79. The zero-order chi connectivity index (χ0) is 8.97. The van der Waals surface area contributed by atoms with Crippen molar-refractivity contribution < 1.29 is 0 Å². The molecule has 0 heterocycles. The summed E-state index contributed by atoms with van der Waals surface area (Å²) in [6, 6.07) is 8.44. The number of benzene rings is 1. The number of thioether (sulfide) groups is 1. The molecule has 0 nitrogen and oxygen atoms in total. The van der Waals surface area contributed by atoms with Crippen LogP contribution in [0, 0.1) is 0 Å². The average molecular weight is 245 g/mol. The first-order valence-electron chi connectivity index (χ1n) is 3.99. The van der Waals surface area contributed by atoms with E-state index in [0.717, 1.165) is 0 Å². The minimum Gasteiger partial charge on any atom is -0.165 e. The summed E-state index contributed by atoms with van der Waals surface area (Å²) < 4.78 is 1.23. The second kappa shape index (κ2) is 4.93. The summed E-state index contributed by atoms with van der Waals surface area (Å²) in [5, 5.41) is 0. The second-order valence-corrected chi connectivity index (χ2v) is 4.64. The molecule has 0 aliphatic carbocycles. The van der Waals surface area contributed by atoms with Crippen LogP contribution in [0.5, 0.6) is 0 Å². The van der Waals surface area contributed by atoms with Crippen LogP contribution in [0.4, 0.5) is 0 Å². The van der Waals surface area contributed by atoms with Crippen LogP contribution in [-0.4, -0.2) is 12.0 Å². The number of halogens is 1. The smallest absolute Gasteiger partial charge is 0.0210 e. The molecule has 0 radical (unpaired) electrons. The summed E-state index contributed by atoms with van der Waals surface area (Å²) in [5.74, 6) is 1.82. The Kier molecular flexibility index (Phi) is 4.16. The third kappa shape index (κ3) is 2.53. The maximum atomic E-state index is 3.56. The van der Waals surface area contributed by atoms with Gasteiger partial charge >= 0.3 is 0 Å². The fourth-order valence-corrected chi connectivity index (χ4v) is 2.57. The molecule has 12 heavy (non-hydrogen) atoms. The van der Waals surface area contributed by atoms with Gasteiger partial charge in [-0.2, -0.15) is 11.8 Å². The van der Waals surface area contributed by atoms with E-state index in [9.17, 15) is 0 Å².